The van der Waals surface area contributed by atoms with Gasteiger partial charge < -0.3 is 14.8 Å². The number of hydrogen-bond acceptors (Lipinski definition) is 3. The highest BCUT2D eigenvalue weighted by molar-refractivity contribution is 4.90. The summed E-state index contributed by atoms with van der Waals surface area (Å²) < 4.78 is 11.4. The van der Waals surface area contributed by atoms with Crippen LogP contribution in [0, 0.1) is 11.8 Å². The minimum atomic E-state index is 0.0719. The minimum absolute atomic E-state index is 0.0719. The second kappa shape index (κ2) is 5.48. The van der Waals surface area contributed by atoms with Crippen LogP contribution < -0.4 is 5.32 Å². The zero-order chi connectivity index (χ0) is 11.4. The molecule has 94 valence electrons. The topological polar surface area (TPSA) is 30.5 Å². The maximum absolute atomic E-state index is 5.93. The van der Waals surface area contributed by atoms with E-state index in [0.717, 1.165) is 51.2 Å². The molecule has 0 amide bonds. The lowest BCUT2D eigenvalue weighted by molar-refractivity contribution is -0.0973. The number of hydrogen-bond donors (Lipinski definition) is 1. The number of nitrogens with one attached hydrogen (secondary N) is 1. The molecule has 0 aromatic carbocycles. The van der Waals surface area contributed by atoms with Gasteiger partial charge in [0.2, 0.25) is 0 Å². The lowest BCUT2D eigenvalue weighted by Crippen LogP contribution is -2.43. The summed E-state index contributed by atoms with van der Waals surface area (Å²) >= 11 is 0. The van der Waals surface area contributed by atoms with Gasteiger partial charge >= 0.3 is 0 Å². The quantitative estimate of drug-likeness (QED) is 0.794. The van der Waals surface area contributed by atoms with Crippen LogP contribution in [0.5, 0.6) is 0 Å². The minimum Gasteiger partial charge on any atom is -0.378 e. The SMILES string of the molecule is CC(C)CNCC1CCOC2(CCOC2)C1. The van der Waals surface area contributed by atoms with Gasteiger partial charge in [-0.2, -0.15) is 0 Å². The van der Waals surface area contributed by atoms with Crippen molar-refractivity contribution >= 4 is 0 Å². The molecule has 0 radical (unpaired) electrons. The van der Waals surface area contributed by atoms with Gasteiger partial charge in [-0.3, -0.25) is 0 Å². The maximum Gasteiger partial charge on any atom is 0.0939 e. The first kappa shape index (κ1) is 12.3. The van der Waals surface area contributed by atoms with Gasteiger partial charge in [0.05, 0.1) is 12.2 Å². The van der Waals surface area contributed by atoms with Gasteiger partial charge in [-0.25, -0.2) is 0 Å². The van der Waals surface area contributed by atoms with Crippen LogP contribution in [-0.4, -0.2) is 38.5 Å². The first-order valence-corrected chi connectivity index (χ1v) is 6.63. The average Bonchev–Trinajstić information content (AvgIpc) is 2.66. The van der Waals surface area contributed by atoms with Crippen molar-refractivity contribution in [2.45, 2.75) is 38.7 Å². The van der Waals surface area contributed by atoms with Crippen molar-refractivity contribution in [3.8, 4) is 0 Å². The Balaban J connectivity index is 1.74. The molecule has 2 atom stereocenters. The molecular weight excluding hydrogens is 202 g/mol. The van der Waals surface area contributed by atoms with Gasteiger partial charge in [-0.1, -0.05) is 13.8 Å². The van der Waals surface area contributed by atoms with Crippen LogP contribution in [0.15, 0.2) is 0 Å². The Morgan fingerprint density at radius 2 is 2.25 bits per heavy atom. The smallest absolute Gasteiger partial charge is 0.0939 e. The lowest BCUT2D eigenvalue weighted by atomic mass is 9.85. The van der Waals surface area contributed by atoms with E-state index in [4.69, 9.17) is 9.47 Å². The van der Waals surface area contributed by atoms with Crippen molar-refractivity contribution in [2.24, 2.45) is 11.8 Å². The van der Waals surface area contributed by atoms with Crippen LogP contribution in [0.2, 0.25) is 0 Å². The molecule has 0 bridgehead atoms. The highest BCUT2D eigenvalue weighted by Crippen LogP contribution is 2.35. The maximum atomic E-state index is 5.93. The van der Waals surface area contributed by atoms with Crippen LogP contribution in [0.1, 0.15) is 33.1 Å². The van der Waals surface area contributed by atoms with E-state index in [0.29, 0.717) is 0 Å². The first-order valence-electron chi connectivity index (χ1n) is 6.63. The molecule has 16 heavy (non-hydrogen) atoms. The zero-order valence-corrected chi connectivity index (χ0v) is 10.6. The Hall–Kier alpha value is -0.120. The van der Waals surface area contributed by atoms with E-state index in [1.807, 2.05) is 0 Å². The molecule has 3 nitrogen and oxygen atoms in total. The Morgan fingerprint density at radius 1 is 1.38 bits per heavy atom. The van der Waals surface area contributed by atoms with Crippen LogP contribution >= 0.6 is 0 Å². The van der Waals surface area contributed by atoms with Crippen molar-refractivity contribution in [3.05, 3.63) is 0 Å². The van der Waals surface area contributed by atoms with Crippen LogP contribution in [0.25, 0.3) is 0 Å². The highest BCUT2D eigenvalue weighted by atomic mass is 16.6. The monoisotopic (exact) mass is 227 g/mol. The summed E-state index contributed by atoms with van der Waals surface area (Å²) in [6, 6.07) is 0. The Kier molecular flexibility index (Phi) is 4.22. The Labute approximate surface area is 98.9 Å². The molecule has 0 saturated carbocycles. The molecule has 2 fully saturated rings. The van der Waals surface area contributed by atoms with Gasteiger partial charge in [0, 0.05) is 19.6 Å². The summed E-state index contributed by atoms with van der Waals surface area (Å²) in [5, 5.41) is 3.56. The standard InChI is InChI=1S/C13H25NO2/c1-11(2)8-14-9-12-3-5-16-13(7-12)4-6-15-10-13/h11-12,14H,3-10H2,1-2H3. The van der Waals surface area contributed by atoms with E-state index < -0.39 is 0 Å². The lowest BCUT2D eigenvalue weighted by Gasteiger charge is -2.37. The Bertz CT molecular complexity index is 212. The summed E-state index contributed by atoms with van der Waals surface area (Å²) in [6.45, 7) is 9.38. The summed E-state index contributed by atoms with van der Waals surface area (Å²) in [4.78, 5) is 0. The van der Waals surface area contributed by atoms with Gasteiger partial charge in [0.15, 0.2) is 0 Å². The van der Waals surface area contributed by atoms with E-state index >= 15 is 0 Å². The van der Waals surface area contributed by atoms with Gasteiger partial charge in [-0.15, -0.1) is 0 Å². The Morgan fingerprint density at radius 3 is 2.94 bits per heavy atom. The number of rotatable bonds is 4. The molecule has 3 heteroatoms. The van der Waals surface area contributed by atoms with E-state index in [2.05, 4.69) is 19.2 Å². The van der Waals surface area contributed by atoms with Crippen molar-refractivity contribution in [2.75, 3.05) is 32.9 Å². The molecule has 2 saturated heterocycles. The molecule has 2 aliphatic heterocycles. The zero-order valence-electron chi connectivity index (χ0n) is 10.6. The van der Waals surface area contributed by atoms with Gasteiger partial charge in [-0.05, 0) is 37.8 Å². The molecule has 2 aliphatic rings. The van der Waals surface area contributed by atoms with Gasteiger partial charge in [0.1, 0.15) is 0 Å². The van der Waals surface area contributed by atoms with Crippen molar-refractivity contribution in [3.63, 3.8) is 0 Å². The van der Waals surface area contributed by atoms with Crippen LogP contribution in [0.4, 0.5) is 0 Å². The number of ether oxygens (including phenoxy) is 2. The van der Waals surface area contributed by atoms with Crippen molar-refractivity contribution in [1.82, 2.24) is 5.32 Å². The van der Waals surface area contributed by atoms with E-state index in [1.165, 1.54) is 12.8 Å². The highest BCUT2D eigenvalue weighted by Gasteiger charge is 2.40. The third-order valence-electron chi connectivity index (χ3n) is 3.65. The second-order valence-electron chi connectivity index (χ2n) is 5.74. The predicted molar refractivity (Wildman–Crippen MR) is 64.6 cm³/mol. The molecular formula is C13H25NO2. The van der Waals surface area contributed by atoms with Crippen LogP contribution in [-0.2, 0) is 9.47 Å². The molecule has 2 heterocycles. The molecule has 1 N–H and O–H groups in total. The van der Waals surface area contributed by atoms with E-state index in [-0.39, 0.29) is 5.60 Å². The summed E-state index contributed by atoms with van der Waals surface area (Å²) in [7, 11) is 0. The first-order chi connectivity index (χ1) is 7.70. The average molecular weight is 227 g/mol. The fourth-order valence-electron chi connectivity index (χ4n) is 2.74. The molecule has 0 aromatic rings. The summed E-state index contributed by atoms with van der Waals surface area (Å²) in [5.41, 5.74) is 0.0719. The second-order valence-corrected chi connectivity index (χ2v) is 5.74. The summed E-state index contributed by atoms with van der Waals surface area (Å²) in [6.07, 6.45) is 3.47. The predicted octanol–water partition coefficient (Wildman–Crippen LogP) is 1.82. The largest absolute Gasteiger partial charge is 0.378 e. The normalized spacial score (nSPS) is 35.1. The summed E-state index contributed by atoms with van der Waals surface area (Å²) in [5.74, 6) is 1.51. The fourth-order valence-corrected chi connectivity index (χ4v) is 2.74. The molecule has 0 aliphatic carbocycles. The molecule has 0 aromatic heterocycles. The van der Waals surface area contributed by atoms with Crippen LogP contribution in [0.3, 0.4) is 0 Å². The van der Waals surface area contributed by atoms with Gasteiger partial charge in [0.25, 0.3) is 0 Å². The van der Waals surface area contributed by atoms with E-state index in [9.17, 15) is 0 Å². The third kappa shape index (κ3) is 3.19. The third-order valence-corrected chi connectivity index (χ3v) is 3.65. The van der Waals surface area contributed by atoms with E-state index in [1.54, 1.807) is 0 Å². The fraction of sp³-hybridized carbons (Fsp3) is 1.00. The molecule has 2 unspecified atom stereocenters. The molecule has 2 rings (SSSR count). The van der Waals surface area contributed by atoms with Crippen molar-refractivity contribution < 1.29 is 9.47 Å². The molecule has 1 spiro atoms. The van der Waals surface area contributed by atoms with Crippen molar-refractivity contribution in [1.29, 1.82) is 0 Å².